The van der Waals surface area contributed by atoms with Crippen molar-refractivity contribution in [3.8, 4) is 0 Å². The van der Waals surface area contributed by atoms with Gasteiger partial charge in [0.1, 0.15) is 0 Å². The largest absolute Gasteiger partial charge is 0.370 e. The van der Waals surface area contributed by atoms with Gasteiger partial charge < -0.3 is 16.0 Å². The summed E-state index contributed by atoms with van der Waals surface area (Å²) in [6, 6.07) is 10.4. The first-order chi connectivity index (χ1) is 8.56. The first-order valence-electron chi connectivity index (χ1n) is 6.32. The molecule has 0 saturated heterocycles. The second kappa shape index (κ2) is 10.8. The van der Waals surface area contributed by atoms with Crippen molar-refractivity contribution in [1.29, 1.82) is 0 Å². The quantitative estimate of drug-likeness (QED) is 0.843. The van der Waals surface area contributed by atoms with E-state index in [2.05, 4.69) is 29.3 Å². The summed E-state index contributed by atoms with van der Waals surface area (Å²) in [7, 11) is 2.03. The number of para-hydroxylation sites is 1. The average Bonchev–Trinajstić information content (AvgIpc) is 2.43. The SMILES string of the molecule is CC(CN)C(=O)NCC(C)N(C)c1ccccc1.Cl.Cl. The Hall–Kier alpha value is -0.970. The molecule has 1 aromatic carbocycles. The topological polar surface area (TPSA) is 58.4 Å². The summed E-state index contributed by atoms with van der Waals surface area (Å²) in [5.74, 6) is -0.106. The van der Waals surface area contributed by atoms with Crippen LogP contribution < -0.4 is 16.0 Å². The van der Waals surface area contributed by atoms with E-state index in [4.69, 9.17) is 5.73 Å². The van der Waals surface area contributed by atoms with Gasteiger partial charge in [-0.05, 0) is 19.1 Å². The highest BCUT2D eigenvalue weighted by Gasteiger charge is 2.14. The maximum absolute atomic E-state index is 11.6. The molecule has 0 radical (unpaired) electrons. The first-order valence-corrected chi connectivity index (χ1v) is 6.32. The lowest BCUT2D eigenvalue weighted by molar-refractivity contribution is -0.124. The zero-order valence-electron chi connectivity index (χ0n) is 12.2. The van der Waals surface area contributed by atoms with Gasteiger partial charge in [0, 0.05) is 37.8 Å². The highest BCUT2D eigenvalue weighted by molar-refractivity contribution is 5.85. The third-order valence-electron chi connectivity index (χ3n) is 3.20. The minimum absolute atomic E-state index is 0. The molecule has 0 aliphatic rings. The highest BCUT2D eigenvalue weighted by Crippen LogP contribution is 2.13. The molecule has 0 spiro atoms. The zero-order chi connectivity index (χ0) is 13.5. The first kappa shape index (κ1) is 21.3. The maximum atomic E-state index is 11.6. The number of amides is 1. The van der Waals surface area contributed by atoms with Crippen LogP contribution in [0.15, 0.2) is 30.3 Å². The minimum Gasteiger partial charge on any atom is -0.370 e. The Kier molecular flexibility index (Phi) is 11.5. The molecular weight excluding hydrogens is 297 g/mol. The molecule has 0 aliphatic heterocycles. The van der Waals surface area contributed by atoms with Crippen LogP contribution in [0.25, 0.3) is 0 Å². The van der Waals surface area contributed by atoms with Gasteiger partial charge in [-0.1, -0.05) is 25.1 Å². The minimum atomic E-state index is -0.126. The Bertz CT molecular complexity index is 376. The number of nitrogens with zero attached hydrogens (tertiary/aromatic N) is 1. The normalized spacial score (nSPS) is 12.4. The van der Waals surface area contributed by atoms with Crippen molar-refractivity contribution in [3.63, 3.8) is 0 Å². The molecule has 4 nitrogen and oxygen atoms in total. The van der Waals surface area contributed by atoms with Crippen LogP contribution in [0.2, 0.25) is 0 Å². The standard InChI is InChI=1S/C14H23N3O.2ClH/c1-11(9-15)14(18)16-10-12(2)17(3)13-7-5-4-6-8-13;;/h4-8,11-12H,9-10,15H2,1-3H3,(H,16,18);2*1H. The van der Waals surface area contributed by atoms with Gasteiger partial charge >= 0.3 is 0 Å². The van der Waals surface area contributed by atoms with E-state index >= 15 is 0 Å². The van der Waals surface area contributed by atoms with E-state index in [0.717, 1.165) is 5.69 Å². The van der Waals surface area contributed by atoms with Crippen LogP contribution >= 0.6 is 24.8 Å². The van der Waals surface area contributed by atoms with Gasteiger partial charge in [0.15, 0.2) is 0 Å². The number of carbonyl (C=O) groups is 1. The van der Waals surface area contributed by atoms with Crippen LogP contribution in [-0.4, -0.2) is 32.1 Å². The van der Waals surface area contributed by atoms with Crippen molar-refractivity contribution in [2.24, 2.45) is 11.7 Å². The second-order valence-corrected chi connectivity index (χ2v) is 4.68. The number of rotatable bonds is 6. The third kappa shape index (κ3) is 6.46. The Labute approximate surface area is 133 Å². The number of carbonyl (C=O) groups excluding carboxylic acids is 1. The summed E-state index contributed by atoms with van der Waals surface area (Å²) in [6.07, 6.45) is 0. The van der Waals surface area contributed by atoms with Crippen molar-refractivity contribution < 1.29 is 4.79 Å². The van der Waals surface area contributed by atoms with Gasteiger partial charge in [-0.2, -0.15) is 0 Å². The molecule has 0 fully saturated rings. The Morgan fingerprint density at radius 2 is 1.80 bits per heavy atom. The van der Waals surface area contributed by atoms with Crippen molar-refractivity contribution >= 4 is 36.4 Å². The second-order valence-electron chi connectivity index (χ2n) is 4.68. The van der Waals surface area contributed by atoms with Gasteiger partial charge in [-0.25, -0.2) is 0 Å². The van der Waals surface area contributed by atoms with Crippen LogP contribution in [0.1, 0.15) is 13.8 Å². The lowest BCUT2D eigenvalue weighted by Gasteiger charge is -2.27. The summed E-state index contributed by atoms with van der Waals surface area (Å²) in [5.41, 5.74) is 6.60. The molecule has 0 heterocycles. The predicted molar refractivity (Wildman–Crippen MR) is 90.0 cm³/mol. The fraction of sp³-hybridized carbons (Fsp3) is 0.500. The lowest BCUT2D eigenvalue weighted by Crippen LogP contribution is -2.42. The summed E-state index contributed by atoms with van der Waals surface area (Å²) < 4.78 is 0. The van der Waals surface area contributed by atoms with Gasteiger partial charge in [-0.3, -0.25) is 4.79 Å². The van der Waals surface area contributed by atoms with Gasteiger partial charge in [0.2, 0.25) is 5.91 Å². The van der Waals surface area contributed by atoms with Crippen molar-refractivity contribution in [2.45, 2.75) is 19.9 Å². The lowest BCUT2D eigenvalue weighted by atomic mass is 10.1. The smallest absolute Gasteiger partial charge is 0.224 e. The maximum Gasteiger partial charge on any atom is 0.224 e. The van der Waals surface area contributed by atoms with Crippen LogP contribution in [0.5, 0.6) is 0 Å². The molecule has 2 unspecified atom stereocenters. The van der Waals surface area contributed by atoms with E-state index in [-0.39, 0.29) is 42.7 Å². The molecular formula is C14H25Cl2N3O. The van der Waals surface area contributed by atoms with Gasteiger partial charge in [-0.15, -0.1) is 24.8 Å². The fourth-order valence-electron chi connectivity index (χ4n) is 1.58. The zero-order valence-corrected chi connectivity index (χ0v) is 13.8. The molecule has 0 aliphatic carbocycles. The Morgan fingerprint density at radius 3 is 2.30 bits per heavy atom. The fourth-order valence-corrected chi connectivity index (χ4v) is 1.58. The highest BCUT2D eigenvalue weighted by atomic mass is 35.5. The number of nitrogens with one attached hydrogen (secondary N) is 1. The molecule has 20 heavy (non-hydrogen) atoms. The monoisotopic (exact) mass is 321 g/mol. The van der Waals surface area contributed by atoms with Crippen LogP contribution in [-0.2, 0) is 4.79 Å². The molecule has 1 amide bonds. The summed E-state index contributed by atoms with van der Waals surface area (Å²) in [5, 5.41) is 2.92. The van der Waals surface area contributed by atoms with E-state index in [1.165, 1.54) is 0 Å². The predicted octanol–water partition coefficient (Wildman–Crippen LogP) is 2.07. The number of likely N-dealkylation sites (N-methyl/N-ethyl adjacent to an activating group) is 1. The molecule has 1 rings (SSSR count). The number of halogens is 2. The molecule has 2 atom stereocenters. The van der Waals surface area contributed by atoms with Crippen LogP contribution in [0.4, 0.5) is 5.69 Å². The Balaban J connectivity index is 0. The van der Waals surface area contributed by atoms with Crippen molar-refractivity contribution in [2.75, 3.05) is 25.0 Å². The third-order valence-corrected chi connectivity index (χ3v) is 3.20. The molecule has 0 saturated carbocycles. The summed E-state index contributed by atoms with van der Waals surface area (Å²) >= 11 is 0. The van der Waals surface area contributed by atoms with Crippen molar-refractivity contribution in [1.82, 2.24) is 5.32 Å². The van der Waals surface area contributed by atoms with E-state index in [0.29, 0.717) is 13.1 Å². The molecule has 6 heteroatoms. The van der Waals surface area contributed by atoms with Crippen molar-refractivity contribution in [3.05, 3.63) is 30.3 Å². The van der Waals surface area contributed by atoms with E-state index in [1.807, 2.05) is 32.2 Å². The number of anilines is 1. The van der Waals surface area contributed by atoms with E-state index in [9.17, 15) is 4.79 Å². The van der Waals surface area contributed by atoms with Crippen LogP contribution in [0, 0.1) is 5.92 Å². The van der Waals surface area contributed by atoms with E-state index in [1.54, 1.807) is 0 Å². The number of hydrogen-bond acceptors (Lipinski definition) is 3. The number of nitrogens with two attached hydrogens (primary N) is 1. The molecule has 0 aromatic heterocycles. The van der Waals surface area contributed by atoms with E-state index < -0.39 is 0 Å². The van der Waals surface area contributed by atoms with Crippen LogP contribution in [0.3, 0.4) is 0 Å². The molecule has 116 valence electrons. The molecule has 3 N–H and O–H groups in total. The molecule has 1 aromatic rings. The average molecular weight is 322 g/mol. The molecule has 0 bridgehead atoms. The number of benzene rings is 1. The van der Waals surface area contributed by atoms with Gasteiger partial charge in [0.25, 0.3) is 0 Å². The summed E-state index contributed by atoms with van der Waals surface area (Å²) in [4.78, 5) is 13.8. The Morgan fingerprint density at radius 1 is 1.25 bits per heavy atom. The van der Waals surface area contributed by atoms with Gasteiger partial charge in [0.05, 0.1) is 0 Å². The number of hydrogen-bond donors (Lipinski definition) is 2. The summed E-state index contributed by atoms with van der Waals surface area (Å²) in [6.45, 7) is 4.92.